The quantitative estimate of drug-likeness (QED) is 0.752. The number of fused-ring (bicyclic) bond motifs is 1. The summed E-state index contributed by atoms with van der Waals surface area (Å²) in [6.45, 7) is 5.17. The number of hydrogen-bond acceptors (Lipinski definition) is 2. The number of nitrogens with zero attached hydrogens (tertiary/aromatic N) is 2. The fourth-order valence-electron chi connectivity index (χ4n) is 2.71. The summed E-state index contributed by atoms with van der Waals surface area (Å²) in [7, 11) is 0. The van der Waals surface area contributed by atoms with Crippen LogP contribution in [0, 0.1) is 0 Å². The van der Waals surface area contributed by atoms with Gasteiger partial charge in [-0.25, -0.2) is 4.98 Å². The first-order chi connectivity index (χ1) is 8.16. The fourth-order valence-corrected chi connectivity index (χ4v) is 2.71. The van der Waals surface area contributed by atoms with Crippen LogP contribution in [0.3, 0.4) is 0 Å². The predicted octanol–water partition coefficient (Wildman–Crippen LogP) is 3.17. The van der Waals surface area contributed by atoms with Crippen LogP contribution in [0.15, 0.2) is 30.6 Å². The first-order valence-electron chi connectivity index (χ1n) is 6.21. The highest BCUT2D eigenvalue weighted by Gasteiger charge is 2.30. The van der Waals surface area contributed by atoms with E-state index in [9.17, 15) is 0 Å². The van der Waals surface area contributed by atoms with Gasteiger partial charge in [-0.2, -0.15) is 0 Å². The molecule has 1 aliphatic rings. The lowest BCUT2D eigenvalue weighted by Gasteiger charge is -2.36. The van der Waals surface area contributed by atoms with Gasteiger partial charge in [0.15, 0.2) is 0 Å². The molecule has 0 aliphatic carbocycles. The summed E-state index contributed by atoms with van der Waals surface area (Å²) in [5.74, 6) is 0. The van der Waals surface area contributed by atoms with Crippen LogP contribution in [0.25, 0.3) is 11.0 Å². The van der Waals surface area contributed by atoms with Gasteiger partial charge in [0.2, 0.25) is 0 Å². The molecule has 3 heteroatoms. The van der Waals surface area contributed by atoms with E-state index >= 15 is 0 Å². The highest BCUT2D eigenvalue weighted by Crippen LogP contribution is 2.33. The van der Waals surface area contributed by atoms with E-state index in [-0.39, 0.29) is 5.60 Å². The molecule has 1 fully saturated rings. The average molecular weight is 230 g/mol. The summed E-state index contributed by atoms with van der Waals surface area (Å²) in [5.41, 5.74) is 2.29. The minimum atomic E-state index is -0.0196. The highest BCUT2D eigenvalue weighted by atomic mass is 16.5. The predicted molar refractivity (Wildman–Crippen MR) is 68.0 cm³/mol. The van der Waals surface area contributed by atoms with Gasteiger partial charge in [-0.1, -0.05) is 12.1 Å². The summed E-state index contributed by atoms with van der Waals surface area (Å²) >= 11 is 0. The second-order valence-corrected chi connectivity index (χ2v) is 5.40. The lowest BCUT2D eigenvalue weighted by molar-refractivity contribution is -0.0685. The van der Waals surface area contributed by atoms with Gasteiger partial charge < -0.3 is 9.30 Å². The maximum Gasteiger partial charge on any atom is 0.0960 e. The van der Waals surface area contributed by atoms with Crippen LogP contribution >= 0.6 is 0 Å². The number of imidazole rings is 1. The largest absolute Gasteiger partial charge is 0.375 e. The Kier molecular flexibility index (Phi) is 2.44. The second-order valence-electron chi connectivity index (χ2n) is 5.40. The van der Waals surface area contributed by atoms with Crippen molar-refractivity contribution in [3.8, 4) is 0 Å². The molecule has 1 atom stereocenters. The summed E-state index contributed by atoms with van der Waals surface area (Å²) in [5, 5.41) is 0. The van der Waals surface area contributed by atoms with Gasteiger partial charge in [0.1, 0.15) is 0 Å². The van der Waals surface area contributed by atoms with Crippen molar-refractivity contribution in [1.29, 1.82) is 0 Å². The van der Waals surface area contributed by atoms with Crippen LogP contribution in [0.2, 0.25) is 0 Å². The van der Waals surface area contributed by atoms with Crippen LogP contribution in [0.1, 0.15) is 32.7 Å². The van der Waals surface area contributed by atoms with Gasteiger partial charge in [0, 0.05) is 12.6 Å². The Balaban J connectivity index is 1.98. The molecular formula is C14H18N2O. The maximum absolute atomic E-state index is 5.77. The Morgan fingerprint density at radius 1 is 1.35 bits per heavy atom. The number of ether oxygens (including phenoxy) is 1. The molecule has 0 spiro atoms. The number of aromatic nitrogens is 2. The van der Waals surface area contributed by atoms with Crippen molar-refractivity contribution in [1.82, 2.24) is 9.55 Å². The Bertz CT molecular complexity index is 530. The Morgan fingerprint density at radius 3 is 3.00 bits per heavy atom. The number of benzene rings is 1. The first-order valence-corrected chi connectivity index (χ1v) is 6.21. The molecule has 0 bridgehead atoms. The average Bonchev–Trinajstić information content (AvgIpc) is 2.71. The SMILES string of the molecule is CC1(C)CC(n2cnc3ccccc32)CCO1. The minimum Gasteiger partial charge on any atom is -0.375 e. The third kappa shape index (κ3) is 1.95. The van der Waals surface area contributed by atoms with Crippen LogP contribution in [-0.4, -0.2) is 21.8 Å². The molecular weight excluding hydrogens is 212 g/mol. The fraction of sp³-hybridized carbons (Fsp3) is 0.500. The van der Waals surface area contributed by atoms with E-state index in [1.165, 1.54) is 5.52 Å². The van der Waals surface area contributed by atoms with E-state index in [1.807, 2.05) is 12.4 Å². The normalized spacial score (nSPS) is 24.0. The molecule has 0 saturated carbocycles. The van der Waals surface area contributed by atoms with Gasteiger partial charge in [-0.15, -0.1) is 0 Å². The van der Waals surface area contributed by atoms with Crippen LogP contribution in [0.4, 0.5) is 0 Å². The van der Waals surface area contributed by atoms with Crippen molar-refractivity contribution in [3.63, 3.8) is 0 Å². The van der Waals surface area contributed by atoms with E-state index in [1.54, 1.807) is 0 Å². The summed E-state index contributed by atoms with van der Waals surface area (Å²) in [4.78, 5) is 4.46. The van der Waals surface area contributed by atoms with Crippen LogP contribution in [-0.2, 0) is 4.74 Å². The molecule has 1 aromatic heterocycles. The van der Waals surface area contributed by atoms with Gasteiger partial charge in [0.05, 0.1) is 23.0 Å². The molecule has 3 rings (SSSR count). The molecule has 1 unspecified atom stereocenters. The maximum atomic E-state index is 5.77. The number of rotatable bonds is 1. The van der Waals surface area contributed by atoms with E-state index in [2.05, 4.69) is 41.6 Å². The third-order valence-corrected chi connectivity index (χ3v) is 3.55. The number of hydrogen-bond donors (Lipinski definition) is 0. The highest BCUT2D eigenvalue weighted by molar-refractivity contribution is 5.75. The molecule has 1 saturated heterocycles. The van der Waals surface area contributed by atoms with Crippen molar-refractivity contribution >= 4 is 11.0 Å². The molecule has 2 aromatic rings. The Labute approximate surface area is 101 Å². The summed E-state index contributed by atoms with van der Waals surface area (Å²) in [6.07, 6.45) is 4.09. The minimum absolute atomic E-state index is 0.0196. The molecule has 90 valence electrons. The third-order valence-electron chi connectivity index (χ3n) is 3.55. The zero-order valence-corrected chi connectivity index (χ0v) is 10.4. The van der Waals surface area contributed by atoms with Gasteiger partial charge in [0.25, 0.3) is 0 Å². The van der Waals surface area contributed by atoms with E-state index < -0.39 is 0 Å². The van der Waals surface area contributed by atoms with E-state index in [0.717, 1.165) is 25.0 Å². The number of para-hydroxylation sites is 2. The molecule has 17 heavy (non-hydrogen) atoms. The zero-order chi connectivity index (χ0) is 11.9. The molecule has 0 N–H and O–H groups in total. The Morgan fingerprint density at radius 2 is 2.18 bits per heavy atom. The lowest BCUT2D eigenvalue weighted by Crippen LogP contribution is -2.34. The summed E-state index contributed by atoms with van der Waals surface area (Å²) < 4.78 is 8.08. The summed E-state index contributed by atoms with van der Waals surface area (Å²) in [6, 6.07) is 8.82. The first kappa shape index (κ1) is 10.8. The van der Waals surface area contributed by atoms with Crippen molar-refractivity contribution in [2.24, 2.45) is 0 Å². The topological polar surface area (TPSA) is 27.1 Å². The monoisotopic (exact) mass is 230 g/mol. The molecule has 2 heterocycles. The van der Waals surface area contributed by atoms with Gasteiger partial charge in [-0.3, -0.25) is 0 Å². The van der Waals surface area contributed by atoms with Crippen molar-refractivity contribution < 1.29 is 4.74 Å². The molecule has 0 radical (unpaired) electrons. The Hall–Kier alpha value is -1.35. The van der Waals surface area contributed by atoms with E-state index in [4.69, 9.17) is 4.74 Å². The standard InChI is InChI=1S/C14H18N2O/c1-14(2)9-11(7-8-17-14)16-10-15-12-5-3-4-6-13(12)16/h3-6,10-11H,7-9H2,1-2H3. The van der Waals surface area contributed by atoms with Crippen molar-refractivity contribution in [2.75, 3.05) is 6.61 Å². The molecule has 3 nitrogen and oxygen atoms in total. The zero-order valence-electron chi connectivity index (χ0n) is 10.4. The molecule has 1 aromatic carbocycles. The van der Waals surface area contributed by atoms with Crippen LogP contribution in [0.5, 0.6) is 0 Å². The van der Waals surface area contributed by atoms with Crippen molar-refractivity contribution in [2.45, 2.75) is 38.3 Å². The van der Waals surface area contributed by atoms with E-state index in [0.29, 0.717) is 6.04 Å². The van der Waals surface area contributed by atoms with Crippen LogP contribution < -0.4 is 0 Å². The molecule has 0 amide bonds. The smallest absolute Gasteiger partial charge is 0.0960 e. The lowest BCUT2D eigenvalue weighted by atomic mass is 9.94. The van der Waals surface area contributed by atoms with Gasteiger partial charge >= 0.3 is 0 Å². The van der Waals surface area contributed by atoms with Crippen molar-refractivity contribution in [3.05, 3.63) is 30.6 Å². The molecule has 1 aliphatic heterocycles. The van der Waals surface area contributed by atoms with Gasteiger partial charge in [-0.05, 0) is 38.8 Å². The second kappa shape index (κ2) is 3.84.